The highest BCUT2D eigenvalue weighted by molar-refractivity contribution is 5.96. The van der Waals surface area contributed by atoms with E-state index in [0.717, 1.165) is 0 Å². The fraction of sp³-hybridized carbons (Fsp3) is 0.667. The summed E-state index contributed by atoms with van der Waals surface area (Å²) >= 11 is 0. The molecule has 56 valence electrons. The van der Waals surface area contributed by atoms with Crippen LogP contribution in [0.15, 0.2) is 4.99 Å². The summed E-state index contributed by atoms with van der Waals surface area (Å²) in [5, 5.41) is 8.93. The average Bonchev–Trinajstić information content (AvgIpc) is 2.10. The highest BCUT2D eigenvalue weighted by Gasteiger charge is 2.30. The molecule has 2 atom stereocenters. The van der Waals surface area contributed by atoms with E-state index in [-0.39, 0.29) is 0 Å². The van der Waals surface area contributed by atoms with Crippen molar-refractivity contribution in [2.75, 3.05) is 0 Å². The summed E-state index contributed by atoms with van der Waals surface area (Å²) < 4.78 is 4.59. The topological polar surface area (TPSA) is 58.9 Å². The molecule has 0 aromatic heterocycles. The molecule has 0 fully saturated rings. The molecule has 10 heavy (non-hydrogen) atoms. The van der Waals surface area contributed by atoms with Crippen LogP contribution in [0.5, 0.6) is 0 Å². The lowest BCUT2D eigenvalue weighted by molar-refractivity contribution is -0.137. The van der Waals surface area contributed by atoms with Crippen LogP contribution in [-0.2, 0) is 9.53 Å². The van der Waals surface area contributed by atoms with Crippen LogP contribution >= 0.6 is 0 Å². The number of aliphatic hydroxyl groups excluding tert-OH is 1. The summed E-state index contributed by atoms with van der Waals surface area (Å²) in [5.41, 5.74) is 0. The maximum Gasteiger partial charge on any atom is 0.340 e. The highest BCUT2D eigenvalue weighted by Crippen LogP contribution is 2.09. The number of aliphatic imine (C=N–C) groups is 1. The molecule has 0 aliphatic carbocycles. The third kappa shape index (κ3) is 1.16. The summed E-state index contributed by atoms with van der Waals surface area (Å²) in [4.78, 5) is 14.5. The number of hydrogen-bond donors (Lipinski definition) is 1. The fourth-order valence-electron chi connectivity index (χ4n) is 0.786. The largest absolute Gasteiger partial charge is 0.411 e. The Kier molecular flexibility index (Phi) is 1.72. The average molecular weight is 143 g/mol. The Labute approximate surface area is 58.5 Å². The first kappa shape index (κ1) is 7.21. The number of aliphatic hydroxyl groups is 1. The highest BCUT2D eigenvalue weighted by atomic mass is 16.6. The van der Waals surface area contributed by atoms with Crippen LogP contribution in [0.25, 0.3) is 0 Å². The molecule has 0 bridgehead atoms. The molecule has 1 aliphatic heterocycles. The molecule has 0 amide bonds. The molecule has 1 heterocycles. The van der Waals surface area contributed by atoms with Gasteiger partial charge in [-0.15, -0.1) is 0 Å². The summed E-state index contributed by atoms with van der Waals surface area (Å²) in [6.07, 6.45) is -0.759. The number of esters is 1. The van der Waals surface area contributed by atoms with E-state index in [1.165, 1.54) is 6.92 Å². The number of cyclic esters (lactones) is 1. The molecular weight excluding hydrogens is 134 g/mol. The Balaban J connectivity index is 2.69. The monoisotopic (exact) mass is 143 g/mol. The van der Waals surface area contributed by atoms with E-state index < -0.39 is 18.1 Å². The minimum Gasteiger partial charge on any atom is -0.411 e. The van der Waals surface area contributed by atoms with Gasteiger partial charge >= 0.3 is 5.97 Å². The van der Waals surface area contributed by atoms with E-state index >= 15 is 0 Å². The molecule has 0 aromatic rings. The smallest absolute Gasteiger partial charge is 0.340 e. The first-order chi connectivity index (χ1) is 4.61. The molecule has 0 saturated carbocycles. The van der Waals surface area contributed by atoms with Gasteiger partial charge in [0.15, 0.2) is 11.9 Å². The van der Waals surface area contributed by atoms with Gasteiger partial charge in [-0.05, 0) is 6.92 Å². The van der Waals surface area contributed by atoms with Gasteiger partial charge in [-0.1, -0.05) is 0 Å². The summed E-state index contributed by atoms with van der Waals surface area (Å²) in [5.74, 6) is -0.136. The molecule has 2 unspecified atom stereocenters. The predicted molar refractivity (Wildman–Crippen MR) is 34.7 cm³/mol. The van der Waals surface area contributed by atoms with Crippen molar-refractivity contribution in [3.05, 3.63) is 0 Å². The Morgan fingerprint density at radius 2 is 2.40 bits per heavy atom. The van der Waals surface area contributed by atoms with Crippen LogP contribution in [0.3, 0.4) is 0 Å². The third-order valence-electron chi connectivity index (χ3n) is 1.27. The second-order valence-electron chi connectivity index (χ2n) is 2.25. The second kappa shape index (κ2) is 2.38. The Bertz CT molecular complexity index is 185. The number of rotatable bonds is 1. The van der Waals surface area contributed by atoms with E-state index in [9.17, 15) is 4.79 Å². The van der Waals surface area contributed by atoms with Gasteiger partial charge in [0, 0.05) is 6.92 Å². The molecular formula is C6H9NO3. The zero-order valence-corrected chi connectivity index (χ0v) is 5.87. The van der Waals surface area contributed by atoms with Gasteiger partial charge in [-0.2, -0.15) is 0 Å². The standard InChI is InChI=1S/C6H9NO3/c1-3(8)5-6(9)10-4(2)7-5/h3,5,8H,1-2H3. The van der Waals surface area contributed by atoms with Gasteiger partial charge in [0.25, 0.3) is 0 Å². The van der Waals surface area contributed by atoms with Gasteiger partial charge in [-0.3, -0.25) is 0 Å². The quantitative estimate of drug-likeness (QED) is 0.513. The molecule has 1 aliphatic rings. The summed E-state index contributed by atoms with van der Waals surface area (Å²) in [7, 11) is 0. The van der Waals surface area contributed by atoms with Crippen LogP contribution in [0.1, 0.15) is 13.8 Å². The van der Waals surface area contributed by atoms with Gasteiger partial charge in [0.2, 0.25) is 0 Å². The van der Waals surface area contributed by atoms with Crippen LogP contribution in [0.2, 0.25) is 0 Å². The van der Waals surface area contributed by atoms with Crippen molar-refractivity contribution in [3.63, 3.8) is 0 Å². The molecule has 1 N–H and O–H groups in total. The molecule has 0 spiro atoms. The van der Waals surface area contributed by atoms with Crippen molar-refractivity contribution in [2.45, 2.75) is 26.0 Å². The molecule has 4 heteroatoms. The Morgan fingerprint density at radius 1 is 1.80 bits per heavy atom. The van der Waals surface area contributed by atoms with E-state index in [1.54, 1.807) is 6.92 Å². The minimum atomic E-state index is -0.759. The Hall–Kier alpha value is -0.900. The van der Waals surface area contributed by atoms with Gasteiger partial charge < -0.3 is 9.84 Å². The van der Waals surface area contributed by atoms with Crippen molar-refractivity contribution < 1.29 is 14.6 Å². The number of hydrogen-bond acceptors (Lipinski definition) is 4. The van der Waals surface area contributed by atoms with E-state index in [4.69, 9.17) is 5.11 Å². The zero-order chi connectivity index (χ0) is 7.72. The Morgan fingerprint density at radius 3 is 2.60 bits per heavy atom. The normalized spacial score (nSPS) is 27.7. The van der Waals surface area contributed by atoms with Crippen molar-refractivity contribution in [1.82, 2.24) is 0 Å². The molecule has 0 saturated heterocycles. The SMILES string of the molecule is CC1=NC(C(C)O)C(=O)O1. The fourth-order valence-corrected chi connectivity index (χ4v) is 0.786. The summed E-state index contributed by atoms with van der Waals surface area (Å²) in [6.45, 7) is 3.09. The van der Waals surface area contributed by atoms with Crippen LogP contribution in [0.4, 0.5) is 0 Å². The van der Waals surface area contributed by atoms with Gasteiger partial charge in [0.05, 0.1) is 6.10 Å². The van der Waals surface area contributed by atoms with Crippen LogP contribution in [-0.4, -0.2) is 29.1 Å². The summed E-state index contributed by atoms with van der Waals surface area (Å²) in [6, 6.07) is -0.708. The van der Waals surface area contributed by atoms with Crippen LogP contribution in [0, 0.1) is 0 Å². The number of nitrogens with zero attached hydrogens (tertiary/aromatic N) is 1. The molecule has 1 rings (SSSR count). The maximum atomic E-state index is 10.7. The number of carbonyl (C=O) groups is 1. The van der Waals surface area contributed by atoms with E-state index in [1.807, 2.05) is 0 Å². The first-order valence-electron chi connectivity index (χ1n) is 3.05. The van der Waals surface area contributed by atoms with Gasteiger partial charge in [0.1, 0.15) is 0 Å². The second-order valence-corrected chi connectivity index (χ2v) is 2.25. The number of carbonyl (C=O) groups excluding carboxylic acids is 1. The molecule has 0 aromatic carbocycles. The lowest BCUT2D eigenvalue weighted by Gasteiger charge is -2.04. The van der Waals surface area contributed by atoms with Crippen molar-refractivity contribution in [1.29, 1.82) is 0 Å². The van der Waals surface area contributed by atoms with Crippen molar-refractivity contribution in [3.8, 4) is 0 Å². The van der Waals surface area contributed by atoms with Crippen LogP contribution < -0.4 is 0 Å². The lowest BCUT2D eigenvalue weighted by Crippen LogP contribution is -2.27. The molecule has 4 nitrogen and oxygen atoms in total. The maximum absolute atomic E-state index is 10.7. The predicted octanol–water partition coefficient (Wildman–Crippen LogP) is -0.289. The minimum absolute atomic E-state index is 0.330. The number of ether oxygens (including phenoxy) is 1. The van der Waals surface area contributed by atoms with Gasteiger partial charge in [-0.25, -0.2) is 9.79 Å². The first-order valence-corrected chi connectivity index (χ1v) is 3.05. The third-order valence-corrected chi connectivity index (χ3v) is 1.27. The lowest BCUT2D eigenvalue weighted by atomic mass is 10.2. The van der Waals surface area contributed by atoms with Crippen molar-refractivity contribution in [2.24, 2.45) is 4.99 Å². The molecule has 0 radical (unpaired) electrons. The van der Waals surface area contributed by atoms with E-state index in [0.29, 0.717) is 5.90 Å². The zero-order valence-electron chi connectivity index (χ0n) is 5.87. The van der Waals surface area contributed by atoms with E-state index in [2.05, 4.69) is 9.73 Å². The van der Waals surface area contributed by atoms with Crippen molar-refractivity contribution >= 4 is 11.9 Å².